The molecule has 0 fully saturated rings. The van der Waals surface area contributed by atoms with Gasteiger partial charge in [0.05, 0.1) is 7.11 Å². The van der Waals surface area contributed by atoms with Gasteiger partial charge in [0.15, 0.2) is 0 Å². The van der Waals surface area contributed by atoms with Gasteiger partial charge in [-0.3, -0.25) is 0 Å². The van der Waals surface area contributed by atoms with Gasteiger partial charge in [-0.05, 0) is 42.5 Å². The average Bonchev–Trinajstić information content (AvgIpc) is 2.47. The summed E-state index contributed by atoms with van der Waals surface area (Å²) in [5.74, 6) is 0.597. The lowest BCUT2D eigenvalue weighted by Gasteiger charge is -2.03. The minimum Gasteiger partial charge on any atom is -0.497 e. The smallest absolute Gasteiger partial charge is 0.336 e. The second-order valence-electron chi connectivity index (χ2n) is 4.07. The number of carbonyl (C=O) groups excluding carboxylic acids is 1. The molecule has 0 spiro atoms. The molecular weight excluding hydrogens is 311 g/mol. The standard InChI is InChI=1S/C16H12Cl2O3/c1-20-11-5-7-12(8-6-11)21-16(19)10-9-13-14(17)3-2-4-15(13)18/h2-10H,1H3/b10-9+. The molecular formula is C16H12Cl2O3. The van der Waals surface area contributed by atoms with Crippen LogP contribution in [0.15, 0.2) is 48.5 Å². The Hall–Kier alpha value is -1.97. The number of ether oxygens (including phenoxy) is 2. The molecule has 21 heavy (non-hydrogen) atoms. The van der Waals surface area contributed by atoms with E-state index in [0.717, 1.165) is 0 Å². The molecule has 0 aliphatic carbocycles. The highest BCUT2D eigenvalue weighted by atomic mass is 35.5. The zero-order valence-corrected chi connectivity index (χ0v) is 12.7. The molecule has 2 rings (SSSR count). The summed E-state index contributed by atoms with van der Waals surface area (Å²) in [6, 6.07) is 11.8. The summed E-state index contributed by atoms with van der Waals surface area (Å²) in [6.07, 6.45) is 2.80. The van der Waals surface area contributed by atoms with Gasteiger partial charge in [-0.2, -0.15) is 0 Å². The normalized spacial score (nSPS) is 10.6. The number of esters is 1. The average molecular weight is 323 g/mol. The molecule has 2 aromatic rings. The molecule has 2 aromatic carbocycles. The lowest BCUT2D eigenvalue weighted by molar-refractivity contribution is -0.128. The monoisotopic (exact) mass is 322 g/mol. The van der Waals surface area contributed by atoms with Gasteiger partial charge in [0, 0.05) is 21.7 Å². The Morgan fingerprint density at radius 2 is 1.57 bits per heavy atom. The Morgan fingerprint density at radius 1 is 1.00 bits per heavy atom. The van der Waals surface area contributed by atoms with Crippen LogP contribution in [0.3, 0.4) is 0 Å². The van der Waals surface area contributed by atoms with E-state index in [1.165, 1.54) is 12.2 Å². The van der Waals surface area contributed by atoms with Crippen LogP contribution in [0.2, 0.25) is 10.0 Å². The van der Waals surface area contributed by atoms with Crippen molar-refractivity contribution in [2.75, 3.05) is 7.11 Å². The highest BCUT2D eigenvalue weighted by Crippen LogP contribution is 2.25. The summed E-state index contributed by atoms with van der Waals surface area (Å²) >= 11 is 12.0. The van der Waals surface area contributed by atoms with E-state index in [0.29, 0.717) is 27.1 Å². The number of methoxy groups -OCH3 is 1. The topological polar surface area (TPSA) is 35.5 Å². The molecule has 0 saturated heterocycles. The Labute approximate surface area is 132 Å². The molecule has 0 radical (unpaired) electrons. The van der Waals surface area contributed by atoms with Crippen molar-refractivity contribution in [3.8, 4) is 11.5 Å². The van der Waals surface area contributed by atoms with E-state index in [1.54, 1.807) is 49.6 Å². The van der Waals surface area contributed by atoms with Crippen LogP contribution in [0.1, 0.15) is 5.56 Å². The first kappa shape index (κ1) is 15.4. The molecule has 0 bridgehead atoms. The fraction of sp³-hybridized carbons (Fsp3) is 0.0625. The van der Waals surface area contributed by atoms with Crippen molar-refractivity contribution in [1.29, 1.82) is 0 Å². The molecule has 0 N–H and O–H groups in total. The number of halogens is 2. The van der Waals surface area contributed by atoms with E-state index >= 15 is 0 Å². The van der Waals surface area contributed by atoms with E-state index < -0.39 is 5.97 Å². The van der Waals surface area contributed by atoms with Gasteiger partial charge in [0.1, 0.15) is 11.5 Å². The summed E-state index contributed by atoms with van der Waals surface area (Å²) < 4.78 is 10.2. The van der Waals surface area contributed by atoms with Crippen molar-refractivity contribution in [3.05, 3.63) is 64.1 Å². The van der Waals surface area contributed by atoms with Crippen LogP contribution in [-0.2, 0) is 4.79 Å². The second-order valence-corrected chi connectivity index (χ2v) is 4.88. The van der Waals surface area contributed by atoms with Gasteiger partial charge in [-0.1, -0.05) is 29.3 Å². The van der Waals surface area contributed by atoms with E-state index in [2.05, 4.69) is 0 Å². The lowest BCUT2D eigenvalue weighted by Crippen LogP contribution is -2.03. The largest absolute Gasteiger partial charge is 0.497 e. The van der Waals surface area contributed by atoms with Gasteiger partial charge in [0.2, 0.25) is 0 Å². The third-order valence-electron chi connectivity index (χ3n) is 2.66. The minimum atomic E-state index is -0.517. The van der Waals surface area contributed by atoms with Crippen molar-refractivity contribution < 1.29 is 14.3 Å². The van der Waals surface area contributed by atoms with Crippen molar-refractivity contribution in [2.24, 2.45) is 0 Å². The van der Waals surface area contributed by atoms with Gasteiger partial charge >= 0.3 is 5.97 Å². The van der Waals surface area contributed by atoms with Crippen molar-refractivity contribution >= 4 is 35.2 Å². The molecule has 5 heteroatoms. The summed E-state index contributed by atoms with van der Waals surface area (Å²) in [7, 11) is 1.57. The number of benzene rings is 2. The number of hydrogen-bond acceptors (Lipinski definition) is 3. The maximum atomic E-state index is 11.7. The summed E-state index contributed by atoms with van der Waals surface area (Å²) in [5, 5.41) is 0.937. The molecule has 0 saturated carbocycles. The molecule has 0 aliphatic rings. The Bertz CT molecular complexity index is 643. The molecule has 0 atom stereocenters. The second kappa shape index (κ2) is 7.16. The first-order chi connectivity index (χ1) is 10.1. The highest BCUT2D eigenvalue weighted by molar-refractivity contribution is 6.37. The lowest BCUT2D eigenvalue weighted by atomic mass is 10.2. The zero-order valence-electron chi connectivity index (χ0n) is 11.2. The van der Waals surface area contributed by atoms with Gasteiger partial charge in [0.25, 0.3) is 0 Å². The van der Waals surface area contributed by atoms with Crippen LogP contribution in [0.25, 0.3) is 6.08 Å². The first-order valence-corrected chi connectivity index (χ1v) is 6.83. The molecule has 3 nitrogen and oxygen atoms in total. The maximum absolute atomic E-state index is 11.7. The third-order valence-corrected chi connectivity index (χ3v) is 3.32. The zero-order chi connectivity index (χ0) is 15.2. The fourth-order valence-electron chi connectivity index (χ4n) is 1.62. The first-order valence-electron chi connectivity index (χ1n) is 6.08. The molecule has 0 heterocycles. The number of carbonyl (C=O) groups is 1. The van der Waals surface area contributed by atoms with E-state index in [1.807, 2.05) is 0 Å². The summed E-state index contributed by atoms with van der Waals surface area (Å²) in [5.41, 5.74) is 0.576. The highest BCUT2D eigenvalue weighted by Gasteiger charge is 2.04. The Balaban J connectivity index is 2.05. The maximum Gasteiger partial charge on any atom is 0.336 e. The molecule has 0 aromatic heterocycles. The van der Waals surface area contributed by atoms with Crippen molar-refractivity contribution in [3.63, 3.8) is 0 Å². The summed E-state index contributed by atoms with van der Waals surface area (Å²) in [6.45, 7) is 0. The van der Waals surface area contributed by atoms with Crippen LogP contribution in [0.5, 0.6) is 11.5 Å². The number of hydrogen-bond donors (Lipinski definition) is 0. The van der Waals surface area contributed by atoms with Gasteiger partial charge in [-0.25, -0.2) is 4.79 Å². The predicted octanol–water partition coefficient (Wildman–Crippen LogP) is 4.62. The van der Waals surface area contributed by atoms with Crippen LogP contribution in [0.4, 0.5) is 0 Å². The predicted molar refractivity (Wildman–Crippen MR) is 84.1 cm³/mol. The molecule has 108 valence electrons. The quantitative estimate of drug-likeness (QED) is 0.468. The summed E-state index contributed by atoms with van der Waals surface area (Å²) in [4.78, 5) is 11.7. The SMILES string of the molecule is COc1ccc(OC(=O)/C=C/c2c(Cl)cccc2Cl)cc1. The molecule has 0 amide bonds. The van der Waals surface area contributed by atoms with Gasteiger partial charge < -0.3 is 9.47 Å². The van der Waals surface area contributed by atoms with Crippen LogP contribution in [0, 0.1) is 0 Å². The fourth-order valence-corrected chi connectivity index (χ4v) is 2.14. The number of rotatable bonds is 4. The Kier molecular flexibility index (Phi) is 5.26. The molecule has 0 aliphatic heterocycles. The van der Waals surface area contributed by atoms with Gasteiger partial charge in [-0.15, -0.1) is 0 Å². The minimum absolute atomic E-state index is 0.427. The van der Waals surface area contributed by atoms with Crippen LogP contribution in [-0.4, -0.2) is 13.1 Å². The van der Waals surface area contributed by atoms with E-state index in [-0.39, 0.29) is 0 Å². The Morgan fingerprint density at radius 3 is 2.14 bits per heavy atom. The molecule has 0 unspecified atom stereocenters. The van der Waals surface area contributed by atoms with Crippen molar-refractivity contribution in [1.82, 2.24) is 0 Å². The van der Waals surface area contributed by atoms with E-state index in [9.17, 15) is 4.79 Å². The van der Waals surface area contributed by atoms with Crippen LogP contribution >= 0.6 is 23.2 Å². The van der Waals surface area contributed by atoms with E-state index in [4.69, 9.17) is 32.7 Å². The van der Waals surface area contributed by atoms with Crippen LogP contribution < -0.4 is 9.47 Å². The van der Waals surface area contributed by atoms with Crippen molar-refractivity contribution in [2.45, 2.75) is 0 Å². The third kappa shape index (κ3) is 4.25.